The first-order chi connectivity index (χ1) is 17.7. The Morgan fingerprint density at radius 3 is 2.47 bits per heavy atom. The van der Waals surface area contributed by atoms with Crippen molar-refractivity contribution in [2.24, 2.45) is 5.92 Å². The van der Waals surface area contributed by atoms with E-state index in [1.165, 1.54) is 5.56 Å². The van der Waals surface area contributed by atoms with Gasteiger partial charge in [-0.2, -0.15) is 0 Å². The van der Waals surface area contributed by atoms with Gasteiger partial charge in [-0.1, -0.05) is 44.2 Å². The Balaban J connectivity index is 0.00000400. The van der Waals surface area contributed by atoms with Crippen LogP contribution >= 0.6 is 12.4 Å². The molecule has 2 aromatic carbocycles. The molecule has 7 nitrogen and oxygen atoms in total. The molecular formula is C30H43ClN4O3. The molecule has 1 atom stereocenters. The number of rotatable bonds is 8. The van der Waals surface area contributed by atoms with Crippen LogP contribution in [0.3, 0.4) is 0 Å². The summed E-state index contributed by atoms with van der Waals surface area (Å²) in [5.74, 6) is 1.22. The second-order valence-electron chi connectivity index (χ2n) is 11.1. The molecule has 2 aromatic rings. The topological polar surface area (TPSA) is 73.9 Å². The second kappa shape index (κ2) is 13.3. The van der Waals surface area contributed by atoms with E-state index in [4.69, 9.17) is 4.74 Å². The number of ether oxygens (including phenoxy) is 1. The van der Waals surface area contributed by atoms with Crippen molar-refractivity contribution in [3.63, 3.8) is 0 Å². The maximum Gasteiger partial charge on any atom is 0.266 e. The largest absolute Gasteiger partial charge is 0.478 e. The summed E-state index contributed by atoms with van der Waals surface area (Å²) in [6, 6.07) is 16.4. The lowest BCUT2D eigenvalue weighted by atomic mass is 9.96. The molecule has 0 aliphatic carbocycles. The Kier molecular flexibility index (Phi) is 10.5. The summed E-state index contributed by atoms with van der Waals surface area (Å²) in [5, 5.41) is 6.42. The van der Waals surface area contributed by atoms with E-state index in [-0.39, 0.29) is 30.1 Å². The van der Waals surface area contributed by atoms with Gasteiger partial charge in [-0.15, -0.1) is 12.4 Å². The van der Waals surface area contributed by atoms with Crippen molar-refractivity contribution in [2.45, 2.75) is 58.6 Å². The van der Waals surface area contributed by atoms with Crippen LogP contribution in [0.4, 0.5) is 5.69 Å². The van der Waals surface area contributed by atoms with Gasteiger partial charge in [0, 0.05) is 57.6 Å². The van der Waals surface area contributed by atoms with Crippen molar-refractivity contribution >= 4 is 29.9 Å². The minimum atomic E-state index is -0.951. The number of piperazine rings is 1. The van der Waals surface area contributed by atoms with Crippen LogP contribution in [0.2, 0.25) is 0 Å². The molecule has 2 saturated heterocycles. The first-order valence-corrected chi connectivity index (χ1v) is 13.6. The number of anilines is 1. The van der Waals surface area contributed by atoms with Crippen LogP contribution in [-0.2, 0) is 16.1 Å². The third-order valence-corrected chi connectivity index (χ3v) is 7.38. The van der Waals surface area contributed by atoms with Gasteiger partial charge in [0.2, 0.25) is 5.91 Å². The van der Waals surface area contributed by atoms with Gasteiger partial charge in [-0.05, 0) is 55.9 Å². The van der Waals surface area contributed by atoms with E-state index in [1.54, 1.807) is 0 Å². The molecule has 0 aromatic heterocycles. The monoisotopic (exact) mass is 542 g/mol. The summed E-state index contributed by atoms with van der Waals surface area (Å²) in [4.78, 5) is 30.2. The molecule has 38 heavy (non-hydrogen) atoms. The Morgan fingerprint density at radius 2 is 1.79 bits per heavy atom. The minimum Gasteiger partial charge on any atom is -0.478 e. The van der Waals surface area contributed by atoms with Gasteiger partial charge < -0.3 is 25.2 Å². The molecule has 2 N–H and O–H groups in total. The highest BCUT2D eigenvalue weighted by Crippen LogP contribution is 2.29. The zero-order valence-corrected chi connectivity index (χ0v) is 24.0. The molecule has 2 amide bonds. The maximum absolute atomic E-state index is 13.1. The number of amides is 2. The molecular weight excluding hydrogens is 500 g/mol. The average molecular weight is 543 g/mol. The van der Waals surface area contributed by atoms with Crippen molar-refractivity contribution in [1.82, 2.24) is 15.5 Å². The number of hydrogen-bond acceptors (Lipinski definition) is 5. The third kappa shape index (κ3) is 7.64. The molecule has 1 unspecified atom stereocenters. The highest BCUT2D eigenvalue weighted by atomic mass is 35.5. The molecule has 2 heterocycles. The summed E-state index contributed by atoms with van der Waals surface area (Å²) in [5.41, 5.74) is 2.49. The molecule has 0 spiro atoms. The van der Waals surface area contributed by atoms with Crippen molar-refractivity contribution in [2.75, 3.05) is 44.2 Å². The minimum absolute atomic E-state index is 0. The van der Waals surface area contributed by atoms with Crippen molar-refractivity contribution in [3.8, 4) is 5.75 Å². The number of carbonyl (C=O) groups is 2. The van der Waals surface area contributed by atoms with Gasteiger partial charge in [-0.3, -0.25) is 9.59 Å². The maximum atomic E-state index is 13.1. The fourth-order valence-corrected chi connectivity index (χ4v) is 5.11. The summed E-state index contributed by atoms with van der Waals surface area (Å²) < 4.78 is 6.22. The van der Waals surface area contributed by atoms with Gasteiger partial charge in [0.15, 0.2) is 5.60 Å². The summed E-state index contributed by atoms with van der Waals surface area (Å²) in [6.45, 7) is 13.2. The molecule has 4 rings (SSSR count). The number of nitrogens with one attached hydrogen (secondary N) is 2. The van der Waals surface area contributed by atoms with Gasteiger partial charge in [0.05, 0.1) is 5.92 Å². The number of hydrogen-bond donors (Lipinski definition) is 2. The lowest BCUT2D eigenvalue weighted by Gasteiger charge is -2.36. The molecule has 0 saturated carbocycles. The quantitative estimate of drug-likeness (QED) is 0.519. The molecule has 2 aliphatic heterocycles. The molecule has 0 bridgehead atoms. The summed E-state index contributed by atoms with van der Waals surface area (Å²) >= 11 is 0. The second-order valence-corrected chi connectivity index (χ2v) is 11.1. The summed E-state index contributed by atoms with van der Waals surface area (Å²) in [6.07, 6.45) is 1.84. The first-order valence-electron chi connectivity index (χ1n) is 13.6. The Labute approximate surface area is 233 Å². The Bertz CT molecular complexity index is 1070. The number of benzene rings is 2. The van der Waals surface area contributed by atoms with Gasteiger partial charge >= 0.3 is 0 Å². The van der Waals surface area contributed by atoms with Crippen LogP contribution in [0, 0.1) is 5.92 Å². The van der Waals surface area contributed by atoms with Crippen molar-refractivity contribution < 1.29 is 14.3 Å². The van der Waals surface area contributed by atoms with E-state index in [0.29, 0.717) is 37.8 Å². The molecule has 208 valence electrons. The Morgan fingerprint density at radius 1 is 1.08 bits per heavy atom. The SMILES string of the molecule is CC(C)c1ccc(CNC(=O)C2CCCN(c3cccc(OC(C)(C)C(=O)N4CCNCC4)c3)C2)cc1.Cl. The normalized spacial score (nSPS) is 18.1. The fourth-order valence-electron chi connectivity index (χ4n) is 5.11. The molecule has 2 aliphatic rings. The highest BCUT2D eigenvalue weighted by Gasteiger charge is 2.35. The fraction of sp³-hybridized carbons (Fsp3) is 0.533. The van der Waals surface area contributed by atoms with Crippen LogP contribution in [0.1, 0.15) is 57.6 Å². The molecule has 0 radical (unpaired) electrons. The highest BCUT2D eigenvalue weighted by molar-refractivity contribution is 5.85. The number of piperidine rings is 1. The van der Waals surface area contributed by atoms with E-state index >= 15 is 0 Å². The lowest BCUT2D eigenvalue weighted by molar-refractivity contribution is -0.146. The molecule has 2 fully saturated rings. The van der Waals surface area contributed by atoms with E-state index < -0.39 is 5.60 Å². The van der Waals surface area contributed by atoms with Crippen LogP contribution in [0.15, 0.2) is 48.5 Å². The van der Waals surface area contributed by atoms with E-state index in [9.17, 15) is 9.59 Å². The zero-order valence-electron chi connectivity index (χ0n) is 23.2. The van der Waals surface area contributed by atoms with E-state index in [0.717, 1.165) is 43.7 Å². The average Bonchev–Trinajstić information content (AvgIpc) is 2.92. The third-order valence-electron chi connectivity index (χ3n) is 7.38. The lowest BCUT2D eigenvalue weighted by Crippen LogP contribution is -2.54. The van der Waals surface area contributed by atoms with E-state index in [1.807, 2.05) is 36.9 Å². The summed E-state index contributed by atoms with van der Waals surface area (Å²) in [7, 11) is 0. The van der Waals surface area contributed by atoms with Crippen LogP contribution < -0.4 is 20.3 Å². The smallest absolute Gasteiger partial charge is 0.266 e. The number of carbonyl (C=O) groups excluding carboxylic acids is 2. The number of halogens is 1. The van der Waals surface area contributed by atoms with Gasteiger partial charge in [-0.25, -0.2) is 0 Å². The first kappa shape index (κ1) is 29.8. The van der Waals surface area contributed by atoms with E-state index in [2.05, 4.69) is 59.7 Å². The van der Waals surface area contributed by atoms with Gasteiger partial charge in [0.1, 0.15) is 5.75 Å². The van der Waals surface area contributed by atoms with Crippen molar-refractivity contribution in [1.29, 1.82) is 0 Å². The van der Waals surface area contributed by atoms with Crippen molar-refractivity contribution in [3.05, 3.63) is 59.7 Å². The standard InChI is InChI=1S/C30H42N4O3.ClH/c1-22(2)24-12-10-23(11-13-24)20-32-28(35)25-7-6-16-34(21-25)26-8-5-9-27(19-26)37-30(3,4)29(36)33-17-14-31-15-18-33;/h5,8-13,19,22,25,31H,6-7,14-18,20-21H2,1-4H3,(H,32,35);1H. The van der Waals surface area contributed by atoms with Crippen LogP contribution in [0.25, 0.3) is 0 Å². The molecule has 8 heteroatoms. The Hall–Kier alpha value is -2.77. The van der Waals surface area contributed by atoms with Crippen LogP contribution in [0.5, 0.6) is 5.75 Å². The zero-order chi connectivity index (χ0) is 26.4. The van der Waals surface area contributed by atoms with Crippen LogP contribution in [-0.4, -0.2) is 61.6 Å². The predicted octanol–water partition coefficient (Wildman–Crippen LogP) is 4.35. The van der Waals surface area contributed by atoms with Gasteiger partial charge in [0.25, 0.3) is 5.91 Å². The number of nitrogens with zero attached hydrogens (tertiary/aromatic N) is 2. The predicted molar refractivity (Wildman–Crippen MR) is 155 cm³/mol.